The van der Waals surface area contributed by atoms with Crippen molar-refractivity contribution in [3.8, 4) is 5.75 Å². The molecule has 0 radical (unpaired) electrons. The second kappa shape index (κ2) is 4.55. The van der Waals surface area contributed by atoms with Crippen LogP contribution in [-0.4, -0.2) is 36.7 Å². The van der Waals surface area contributed by atoms with Crippen LogP contribution in [0.15, 0.2) is 6.33 Å². The molecule has 1 heterocycles. The summed E-state index contributed by atoms with van der Waals surface area (Å²) in [4.78, 5) is 10.7. The van der Waals surface area contributed by atoms with Gasteiger partial charge in [-0.3, -0.25) is 0 Å². The summed E-state index contributed by atoms with van der Waals surface area (Å²) in [5.74, 6) is 2.37. The van der Waals surface area contributed by atoms with Gasteiger partial charge in [-0.2, -0.15) is 0 Å². The van der Waals surface area contributed by atoms with E-state index >= 15 is 0 Å². The van der Waals surface area contributed by atoms with E-state index in [-0.39, 0.29) is 0 Å². The first kappa shape index (κ1) is 11.0. The van der Waals surface area contributed by atoms with Gasteiger partial charge >= 0.3 is 0 Å². The van der Waals surface area contributed by atoms with Gasteiger partial charge in [0.1, 0.15) is 6.33 Å². The lowest BCUT2D eigenvalue weighted by Crippen LogP contribution is -2.22. The Labute approximate surface area is 95.8 Å². The van der Waals surface area contributed by atoms with Crippen LogP contribution in [0.3, 0.4) is 0 Å². The minimum Gasteiger partial charge on any atom is -0.490 e. The Hall–Kier alpha value is -1.52. The van der Waals surface area contributed by atoms with Crippen LogP contribution in [-0.2, 0) is 0 Å². The molecule has 5 heteroatoms. The molecule has 88 valence electrons. The molecule has 0 atom stereocenters. The van der Waals surface area contributed by atoms with Crippen molar-refractivity contribution in [2.45, 2.75) is 25.8 Å². The van der Waals surface area contributed by atoms with Gasteiger partial charge < -0.3 is 15.0 Å². The van der Waals surface area contributed by atoms with Crippen LogP contribution >= 0.6 is 0 Å². The molecule has 0 saturated heterocycles. The number of rotatable bonds is 5. The zero-order chi connectivity index (χ0) is 11.5. The number of hydrogen-bond acceptors (Lipinski definition) is 5. The van der Waals surface area contributed by atoms with Gasteiger partial charge in [0.25, 0.3) is 0 Å². The van der Waals surface area contributed by atoms with Crippen LogP contribution in [0, 0.1) is 0 Å². The molecular formula is C11H18N4O. The van der Waals surface area contributed by atoms with E-state index in [0.29, 0.717) is 6.04 Å². The molecule has 5 nitrogen and oxygen atoms in total. The van der Waals surface area contributed by atoms with E-state index in [0.717, 1.165) is 23.9 Å². The van der Waals surface area contributed by atoms with Crippen molar-refractivity contribution in [1.29, 1.82) is 0 Å². The quantitative estimate of drug-likeness (QED) is 0.818. The van der Waals surface area contributed by atoms with Crippen molar-refractivity contribution in [3.05, 3.63) is 6.33 Å². The second-order valence-corrected chi connectivity index (χ2v) is 3.95. The zero-order valence-electron chi connectivity index (χ0n) is 10.0. The molecule has 1 N–H and O–H groups in total. The summed E-state index contributed by atoms with van der Waals surface area (Å²) in [5.41, 5.74) is 0. The number of ether oxygens (including phenoxy) is 1. The third-order valence-corrected chi connectivity index (χ3v) is 2.76. The van der Waals surface area contributed by atoms with E-state index in [1.54, 1.807) is 13.4 Å². The highest BCUT2D eigenvalue weighted by Crippen LogP contribution is 2.36. The van der Waals surface area contributed by atoms with Crippen molar-refractivity contribution in [1.82, 2.24) is 9.97 Å². The fraction of sp³-hybridized carbons (Fsp3) is 0.636. The topological polar surface area (TPSA) is 50.3 Å². The number of nitrogens with zero attached hydrogens (tertiary/aromatic N) is 3. The molecule has 2 rings (SSSR count). The van der Waals surface area contributed by atoms with Crippen molar-refractivity contribution >= 4 is 11.6 Å². The molecule has 0 spiro atoms. The summed E-state index contributed by atoms with van der Waals surface area (Å²) >= 11 is 0. The van der Waals surface area contributed by atoms with Gasteiger partial charge in [0.2, 0.25) is 5.75 Å². The molecule has 1 aliphatic carbocycles. The normalized spacial score (nSPS) is 14.7. The fourth-order valence-electron chi connectivity index (χ4n) is 1.73. The van der Waals surface area contributed by atoms with Crippen LogP contribution in [0.2, 0.25) is 0 Å². The van der Waals surface area contributed by atoms with Crippen LogP contribution in [0.25, 0.3) is 0 Å². The molecule has 0 unspecified atom stereocenters. The van der Waals surface area contributed by atoms with Gasteiger partial charge in [-0.1, -0.05) is 0 Å². The lowest BCUT2D eigenvalue weighted by atomic mass is 10.4. The van der Waals surface area contributed by atoms with Gasteiger partial charge in [-0.15, -0.1) is 0 Å². The summed E-state index contributed by atoms with van der Waals surface area (Å²) in [6.45, 7) is 2.85. The highest BCUT2D eigenvalue weighted by molar-refractivity contribution is 5.65. The zero-order valence-corrected chi connectivity index (χ0v) is 10.0. The van der Waals surface area contributed by atoms with E-state index in [9.17, 15) is 0 Å². The number of anilines is 2. The van der Waals surface area contributed by atoms with E-state index in [1.165, 1.54) is 12.8 Å². The predicted molar refractivity (Wildman–Crippen MR) is 64.2 cm³/mol. The first-order valence-electron chi connectivity index (χ1n) is 5.63. The molecule has 1 aromatic heterocycles. The van der Waals surface area contributed by atoms with Gasteiger partial charge in [-0.05, 0) is 19.8 Å². The van der Waals surface area contributed by atoms with Crippen LogP contribution in [0.5, 0.6) is 5.75 Å². The number of methoxy groups -OCH3 is 1. The van der Waals surface area contributed by atoms with Crippen LogP contribution in [0.4, 0.5) is 11.6 Å². The van der Waals surface area contributed by atoms with Crippen LogP contribution < -0.4 is 15.0 Å². The van der Waals surface area contributed by atoms with E-state index in [4.69, 9.17) is 4.74 Å². The number of nitrogens with one attached hydrogen (secondary N) is 1. The fourth-order valence-corrected chi connectivity index (χ4v) is 1.73. The monoisotopic (exact) mass is 222 g/mol. The Kier molecular flexibility index (Phi) is 3.12. The SMILES string of the molecule is CCNc1ncnc(N(C)C2CC2)c1OC. The lowest BCUT2D eigenvalue weighted by molar-refractivity contribution is 0.412. The van der Waals surface area contributed by atoms with Gasteiger partial charge in [0.05, 0.1) is 7.11 Å². The van der Waals surface area contributed by atoms with Crippen molar-refractivity contribution in [2.75, 3.05) is 30.9 Å². The lowest BCUT2D eigenvalue weighted by Gasteiger charge is -2.21. The largest absolute Gasteiger partial charge is 0.490 e. The molecule has 0 aromatic carbocycles. The molecule has 0 amide bonds. The average molecular weight is 222 g/mol. The maximum Gasteiger partial charge on any atom is 0.204 e. The summed E-state index contributed by atoms with van der Waals surface area (Å²) in [5, 5.41) is 3.18. The first-order chi connectivity index (χ1) is 7.77. The summed E-state index contributed by atoms with van der Waals surface area (Å²) in [6.07, 6.45) is 4.05. The standard InChI is InChI=1S/C11H18N4O/c1-4-12-10-9(16-3)11(14-7-13-10)15(2)8-5-6-8/h7-8H,4-6H2,1-3H3,(H,12,13,14). The van der Waals surface area contributed by atoms with Crippen molar-refractivity contribution in [3.63, 3.8) is 0 Å². The average Bonchev–Trinajstić information content (AvgIpc) is 3.12. The van der Waals surface area contributed by atoms with Gasteiger partial charge in [0, 0.05) is 19.6 Å². The molecule has 1 saturated carbocycles. The molecule has 1 aliphatic rings. The van der Waals surface area contributed by atoms with Crippen LogP contribution in [0.1, 0.15) is 19.8 Å². The highest BCUT2D eigenvalue weighted by Gasteiger charge is 2.29. The third kappa shape index (κ3) is 2.03. The maximum atomic E-state index is 5.40. The number of aromatic nitrogens is 2. The predicted octanol–water partition coefficient (Wildman–Crippen LogP) is 1.52. The molecule has 1 fully saturated rings. The van der Waals surface area contributed by atoms with Crippen molar-refractivity contribution in [2.24, 2.45) is 0 Å². The highest BCUT2D eigenvalue weighted by atomic mass is 16.5. The van der Waals surface area contributed by atoms with E-state index in [2.05, 4.69) is 27.2 Å². The van der Waals surface area contributed by atoms with E-state index < -0.39 is 0 Å². The minimum absolute atomic E-state index is 0.610. The Bertz CT molecular complexity index is 365. The third-order valence-electron chi connectivity index (χ3n) is 2.76. The Balaban J connectivity index is 2.31. The van der Waals surface area contributed by atoms with Crippen molar-refractivity contribution < 1.29 is 4.74 Å². The molecule has 16 heavy (non-hydrogen) atoms. The minimum atomic E-state index is 0.610. The molecule has 0 bridgehead atoms. The van der Waals surface area contributed by atoms with E-state index in [1.807, 2.05) is 6.92 Å². The summed E-state index contributed by atoms with van der Waals surface area (Å²) < 4.78 is 5.40. The molecule has 1 aromatic rings. The van der Waals surface area contributed by atoms with Gasteiger partial charge in [0.15, 0.2) is 11.6 Å². The molecule has 0 aliphatic heterocycles. The summed E-state index contributed by atoms with van der Waals surface area (Å²) in [7, 11) is 3.71. The second-order valence-electron chi connectivity index (χ2n) is 3.95. The summed E-state index contributed by atoms with van der Waals surface area (Å²) in [6, 6.07) is 0.610. The van der Waals surface area contributed by atoms with Gasteiger partial charge in [-0.25, -0.2) is 9.97 Å². The Morgan fingerprint density at radius 1 is 1.50 bits per heavy atom. The number of hydrogen-bond donors (Lipinski definition) is 1. The molecular weight excluding hydrogens is 204 g/mol. The Morgan fingerprint density at radius 3 is 2.81 bits per heavy atom. The maximum absolute atomic E-state index is 5.40. The smallest absolute Gasteiger partial charge is 0.204 e. The Morgan fingerprint density at radius 2 is 2.25 bits per heavy atom. The first-order valence-corrected chi connectivity index (χ1v) is 5.63.